The van der Waals surface area contributed by atoms with Crippen LogP contribution in [0, 0.1) is 13.1 Å². The lowest BCUT2D eigenvalue weighted by Gasteiger charge is -2.27. The molecule has 0 radical (unpaired) electrons. The minimum Gasteiger partial charge on any atom is -0.480 e. The lowest BCUT2D eigenvalue weighted by Crippen LogP contribution is -2.47. The molecule has 0 amide bonds. The van der Waals surface area contributed by atoms with Crippen molar-refractivity contribution in [1.82, 2.24) is 14.5 Å². The normalized spacial score (nSPS) is 18.2. The average molecular weight is 623 g/mol. The number of imidazole rings is 1. The van der Waals surface area contributed by atoms with Crippen molar-refractivity contribution < 1.29 is 19.4 Å². The van der Waals surface area contributed by atoms with Crippen molar-refractivity contribution in [2.75, 3.05) is 6.73 Å². The van der Waals surface area contributed by atoms with Gasteiger partial charge in [-0.3, -0.25) is 9.59 Å². The number of ether oxygens (including phenoxy) is 1. The zero-order chi connectivity index (χ0) is 21.1. The summed E-state index contributed by atoms with van der Waals surface area (Å²) in [7, 11) is 0. The lowest BCUT2D eigenvalue weighted by atomic mass is 10.0. The number of carboxylic acid groups (broad SMARTS) is 1. The molecule has 0 aliphatic carbocycles. The van der Waals surface area contributed by atoms with E-state index in [1.54, 1.807) is 17.4 Å². The van der Waals surface area contributed by atoms with E-state index < -0.39 is 18.1 Å². The van der Waals surface area contributed by atoms with Crippen LogP contribution in [-0.2, 0) is 27.3 Å². The standard InChI is InChI=1S/C20H23I2N3O4/c1-12(2)3-17(19(26)27)25-11-29-20(28)18(25)7-16-8-23-10-24(16)9-13-4-14(21)6-15(22)5-13/h4-6,8,10,12,17-18H,3,7,9,11H2,1-2H3,(H,26,27). The number of hydrogen-bond donors (Lipinski definition) is 1. The van der Waals surface area contributed by atoms with Gasteiger partial charge >= 0.3 is 11.9 Å². The molecule has 29 heavy (non-hydrogen) atoms. The number of halogens is 2. The Hall–Kier alpha value is -1.21. The number of aromatic nitrogens is 2. The fourth-order valence-electron chi connectivity index (χ4n) is 3.55. The Morgan fingerprint density at radius 3 is 2.62 bits per heavy atom. The van der Waals surface area contributed by atoms with Gasteiger partial charge in [0.1, 0.15) is 18.8 Å². The highest BCUT2D eigenvalue weighted by Crippen LogP contribution is 2.24. The summed E-state index contributed by atoms with van der Waals surface area (Å²) >= 11 is 4.59. The van der Waals surface area contributed by atoms with Crippen LogP contribution in [-0.4, -0.2) is 50.3 Å². The Morgan fingerprint density at radius 2 is 2.00 bits per heavy atom. The Labute approximate surface area is 197 Å². The van der Waals surface area contributed by atoms with E-state index in [9.17, 15) is 14.7 Å². The van der Waals surface area contributed by atoms with Crippen LogP contribution in [0.4, 0.5) is 0 Å². The minimum atomic E-state index is -0.927. The molecule has 7 nitrogen and oxygen atoms in total. The summed E-state index contributed by atoms with van der Waals surface area (Å²) in [5, 5.41) is 9.69. The van der Waals surface area contributed by atoms with Crippen molar-refractivity contribution in [2.45, 2.75) is 45.3 Å². The van der Waals surface area contributed by atoms with Crippen molar-refractivity contribution in [1.29, 1.82) is 0 Å². The summed E-state index contributed by atoms with van der Waals surface area (Å²) in [5.41, 5.74) is 2.02. The van der Waals surface area contributed by atoms with Gasteiger partial charge in [0, 0.05) is 32.0 Å². The molecule has 3 rings (SSSR count). The maximum Gasteiger partial charge on any atom is 0.325 e. The highest BCUT2D eigenvalue weighted by Gasteiger charge is 2.42. The fraction of sp³-hybridized carbons (Fsp3) is 0.450. The van der Waals surface area contributed by atoms with Crippen molar-refractivity contribution >= 4 is 57.1 Å². The molecule has 1 fully saturated rings. The smallest absolute Gasteiger partial charge is 0.325 e. The summed E-state index contributed by atoms with van der Waals surface area (Å²) in [6.07, 6.45) is 4.31. The first-order chi connectivity index (χ1) is 13.7. The number of benzene rings is 1. The molecule has 1 aromatic carbocycles. The first-order valence-corrected chi connectivity index (χ1v) is 11.5. The third-order valence-corrected chi connectivity index (χ3v) is 6.13. The molecule has 1 saturated heterocycles. The van der Waals surface area contributed by atoms with E-state index >= 15 is 0 Å². The molecule has 1 aliphatic heterocycles. The predicted octanol–water partition coefficient (Wildman–Crippen LogP) is 3.37. The van der Waals surface area contributed by atoms with Crippen LogP contribution in [0.2, 0.25) is 0 Å². The van der Waals surface area contributed by atoms with E-state index in [0.717, 1.165) is 18.4 Å². The molecule has 0 spiro atoms. The maximum atomic E-state index is 12.4. The molecular weight excluding hydrogens is 600 g/mol. The van der Waals surface area contributed by atoms with E-state index in [-0.39, 0.29) is 18.6 Å². The Bertz CT molecular complexity index is 879. The van der Waals surface area contributed by atoms with Gasteiger partial charge < -0.3 is 14.4 Å². The van der Waals surface area contributed by atoms with Crippen molar-refractivity contribution in [3.63, 3.8) is 0 Å². The number of aliphatic carboxylic acids is 1. The molecule has 2 heterocycles. The molecule has 2 aromatic rings. The maximum absolute atomic E-state index is 12.4. The molecule has 0 bridgehead atoms. The van der Waals surface area contributed by atoms with Crippen LogP contribution < -0.4 is 0 Å². The van der Waals surface area contributed by atoms with Gasteiger partial charge in [0.05, 0.1) is 6.33 Å². The fourth-order valence-corrected chi connectivity index (χ4v) is 5.62. The van der Waals surface area contributed by atoms with Gasteiger partial charge in [0.2, 0.25) is 0 Å². The SMILES string of the molecule is CC(C)CC(C(=O)O)N1COC(=O)C1Cc1cncn1Cc1cc(I)cc(I)c1. The van der Waals surface area contributed by atoms with Crippen LogP contribution in [0.25, 0.3) is 0 Å². The number of nitrogens with zero attached hydrogens (tertiary/aromatic N) is 3. The van der Waals surface area contributed by atoms with Crippen molar-refractivity contribution in [2.24, 2.45) is 5.92 Å². The third-order valence-electron chi connectivity index (χ3n) is 4.88. The number of cyclic esters (lactones) is 1. The van der Waals surface area contributed by atoms with Crippen LogP contribution in [0.3, 0.4) is 0 Å². The molecule has 9 heteroatoms. The molecule has 2 unspecified atom stereocenters. The molecular formula is C20H23I2N3O4. The molecule has 2 atom stereocenters. The molecule has 1 aromatic heterocycles. The van der Waals surface area contributed by atoms with E-state index in [1.807, 2.05) is 18.4 Å². The summed E-state index contributed by atoms with van der Waals surface area (Å²) in [4.78, 5) is 30.1. The number of carbonyl (C=O) groups excluding carboxylic acids is 1. The van der Waals surface area contributed by atoms with Gasteiger partial charge in [-0.15, -0.1) is 0 Å². The number of esters is 1. The summed E-state index contributed by atoms with van der Waals surface area (Å²) in [5.74, 6) is -1.11. The first kappa shape index (κ1) is 22.5. The minimum absolute atomic E-state index is 0.0103. The third kappa shape index (κ3) is 5.69. The van der Waals surface area contributed by atoms with Gasteiger partial charge in [-0.05, 0) is 81.3 Å². The highest BCUT2D eigenvalue weighted by atomic mass is 127. The van der Waals surface area contributed by atoms with Crippen LogP contribution in [0.15, 0.2) is 30.7 Å². The van der Waals surface area contributed by atoms with E-state index in [4.69, 9.17) is 4.74 Å². The Kier molecular flexibility index (Phi) is 7.54. The van der Waals surface area contributed by atoms with Crippen LogP contribution >= 0.6 is 45.2 Å². The number of carbonyl (C=O) groups is 2. The second kappa shape index (κ2) is 9.73. The topological polar surface area (TPSA) is 84.7 Å². The zero-order valence-corrected chi connectivity index (χ0v) is 20.5. The van der Waals surface area contributed by atoms with Gasteiger partial charge in [-0.25, -0.2) is 9.88 Å². The number of carboxylic acids is 1. The van der Waals surface area contributed by atoms with Gasteiger partial charge in [0.15, 0.2) is 0 Å². The van der Waals surface area contributed by atoms with Gasteiger partial charge in [0.25, 0.3) is 0 Å². The molecule has 0 saturated carbocycles. The number of rotatable bonds is 8. The second-order valence-corrected chi connectivity index (χ2v) is 10.1. The Balaban J connectivity index is 1.80. The van der Waals surface area contributed by atoms with E-state index in [2.05, 4.69) is 68.4 Å². The quantitative estimate of drug-likeness (QED) is 0.359. The molecule has 1 aliphatic rings. The first-order valence-electron chi connectivity index (χ1n) is 9.33. The van der Waals surface area contributed by atoms with E-state index in [0.29, 0.717) is 19.4 Å². The lowest BCUT2D eigenvalue weighted by molar-refractivity contribution is -0.145. The Morgan fingerprint density at radius 1 is 1.31 bits per heavy atom. The van der Waals surface area contributed by atoms with Gasteiger partial charge in [-0.1, -0.05) is 13.8 Å². The second-order valence-electron chi connectivity index (χ2n) is 7.60. The van der Waals surface area contributed by atoms with E-state index in [1.165, 1.54) is 0 Å². The van der Waals surface area contributed by atoms with Crippen molar-refractivity contribution in [3.8, 4) is 0 Å². The molecule has 1 N–H and O–H groups in total. The monoisotopic (exact) mass is 623 g/mol. The number of hydrogen-bond acceptors (Lipinski definition) is 5. The average Bonchev–Trinajstić information content (AvgIpc) is 3.19. The van der Waals surface area contributed by atoms with Crippen LogP contribution in [0.1, 0.15) is 31.5 Å². The molecule has 156 valence electrons. The van der Waals surface area contributed by atoms with Crippen molar-refractivity contribution in [3.05, 3.63) is 49.1 Å². The predicted molar refractivity (Wildman–Crippen MR) is 124 cm³/mol. The zero-order valence-electron chi connectivity index (χ0n) is 16.2. The largest absolute Gasteiger partial charge is 0.480 e. The van der Waals surface area contributed by atoms with Gasteiger partial charge in [-0.2, -0.15) is 0 Å². The summed E-state index contributed by atoms with van der Waals surface area (Å²) in [6, 6.07) is 4.96. The summed E-state index contributed by atoms with van der Waals surface area (Å²) < 4.78 is 9.55. The highest BCUT2D eigenvalue weighted by molar-refractivity contribution is 14.1. The summed E-state index contributed by atoms with van der Waals surface area (Å²) in [6.45, 7) is 4.59. The van der Waals surface area contributed by atoms with Crippen LogP contribution in [0.5, 0.6) is 0 Å².